The van der Waals surface area contributed by atoms with Crippen molar-refractivity contribution in [2.75, 3.05) is 0 Å². The van der Waals surface area contributed by atoms with Gasteiger partial charge in [-0.05, 0) is 42.2 Å². The Kier molecular flexibility index (Phi) is 5.28. The van der Waals surface area contributed by atoms with Gasteiger partial charge >= 0.3 is 5.97 Å². The number of carbonyl (C=O) groups excluding carboxylic acids is 1. The first kappa shape index (κ1) is 16.9. The Morgan fingerprint density at radius 1 is 1.39 bits per heavy atom. The van der Waals surface area contributed by atoms with Crippen molar-refractivity contribution in [1.82, 2.24) is 5.32 Å². The van der Waals surface area contributed by atoms with E-state index in [2.05, 4.69) is 11.9 Å². The number of aryl methyl sites for hydroxylation is 1. The van der Waals surface area contributed by atoms with Gasteiger partial charge in [-0.3, -0.25) is 4.79 Å². The molecule has 0 unspecified atom stereocenters. The molecule has 0 atom stereocenters. The molecule has 0 spiro atoms. The van der Waals surface area contributed by atoms with Crippen molar-refractivity contribution < 1.29 is 19.1 Å². The summed E-state index contributed by atoms with van der Waals surface area (Å²) in [6.07, 6.45) is 2.03. The largest absolute Gasteiger partial charge is 0.477 e. The van der Waals surface area contributed by atoms with Crippen molar-refractivity contribution in [3.63, 3.8) is 0 Å². The monoisotopic (exact) mass is 333 g/mol. The van der Waals surface area contributed by atoms with Crippen molar-refractivity contribution in [3.8, 4) is 0 Å². The van der Waals surface area contributed by atoms with Crippen LogP contribution < -0.4 is 5.32 Å². The van der Waals surface area contributed by atoms with E-state index in [9.17, 15) is 14.0 Å². The molecule has 1 amide bonds. The quantitative estimate of drug-likeness (QED) is 0.795. The Morgan fingerprint density at radius 3 is 2.74 bits per heavy atom. The molecule has 4 nitrogen and oxygen atoms in total. The molecule has 0 saturated carbocycles. The summed E-state index contributed by atoms with van der Waals surface area (Å²) in [5.74, 6) is -1.70. The van der Waals surface area contributed by atoms with Crippen molar-refractivity contribution in [1.29, 1.82) is 0 Å². The van der Waals surface area contributed by atoms with Gasteiger partial charge in [0.1, 0.15) is 10.7 Å². The zero-order valence-electron chi connectivity index (χ0n) is 12.6. The van der Waals surface area contributed by atoms with E-state index in [1.165, 1.54) is 6.07 Å². The Hall–Kier alpha value is -2.47. The Labute approximate surface area is 137 Å². The third-order valence-electron chi connectivity index (χ3n) is 3.26. The minimum absolute atomic E-state index is 0.158. The molecule has 0 aliphatic rings. The molecule has 0 bridgehead atoms. The van der Waals surface area contributed by atoms with Crippen LogP contribution in [0, 0.1) is 12.7 Å². The van der Waals surface area contributed by atoms with E-state index in [1.54, 1.807) is 31.2 Å². The van der Waals surface area contributed by atoms with E-state index >= 15 is 0 Å². The number of nitrogens with one attached hydrogen (secondary N) is 1. The van der Waals surface area contributed by atoms with Crippen LogP contribution in [-0.2, 0) is 13.0 Å². The van der Waals surface area contributed by atoms with Crippen LogP contribution in [0.15, 0.2) is 36.9 Å². The SMILES string of the molecule is C=CCc1cc(CNC(=O)c2cc(C)c(C(=O)O)s2)ccc1F. The number of allylic oxidation sites excluding steroid dienone is 1. The van der Waals surface area contributed by atoms with Gasteiger partial charge in [0.25, 0.3) is 5.91 Å². The van der Waals surface area contributed by atoms with Gasteiger partial charge in [-0.15, -0.1) is 17.9 Å². The van der Waals surface area contributed by atoms with Crippen LogP contribution in [0.3, 0.4) is 0 Å². The normalized spacial score (nSPS) is 10.3. The first-order valence-electron chi connectivity index (χ1n) is 6.92. The molecule has 2 rings (SSSR count). The number of carbonyl (C=O) groups is 2. The Balaban J connectivity index is 2.07. The number of amides is 1. The second-order valence-corrected chi connectivity index (χ2v) is 6.08. The van der Waals surface area contributed by atoms with Crippen LogP contribution in [0.1, 0.15) is 36.0 Å². The van der Waals surface area contributed by atoms with Crippen LogP contribution in [0.4, 0.5) is 4.39 Å². The lowest BCUT2D eigenvalue weighted by molar-refractivity contribution is 0.0701. The number of benzene rings is 1. The second-order valence-electron chi connectivity index (χ2n) is 5.03. The molecule has 1 aromatic carbocycles. The van der Waals surface area contributed by atoms with Crippen molar-refractivity contribution >= 4 is 23.2 Å². The van der Waals surface area contributed by atoms with Gasteiger partial charge in [0, 0.05) is 6.54 Å². The first-order chi connectivity index (χ1) is 10.9. The number of thiophene rings is 1. The maximum absolute atomic E-state index is 13.6. The molecule has 120 valence electrons. The number of halogens is 1. The number of carboxylic acids is 1. The average molecular weight is 333 g/mol. The summed E-state index contributed by atoms with van der Waals surface area (Å²) in [4.78, 5) is 23.6. The van der Waals surface area contributed by atoms with Gasteiger partial charge in [-0.25, -0.2) is 9.18 Å². The summed E-state index contributed by atoms with van der Waals surface area (Å²) < 4.78 is 13.6. The highest BCUT2D eigenvalue weighted by atomic mass is 32.1. The highest BCUT2D eigenvalue weighted by molar-refractivity contribution is 7.16. The summed E-state index contributed by atoms with van der Waals surface area (Å²) in [5, 5.41) is 11.7. The fourth-order valence-corrected chi connectivity index (χ4v) is 3.05. The number of rotatable bonds is 6. The number of hydrogen-bond acceptors (Lipinski definition) is 3. The van der Waals surface area contributed by atoms with E-state index in [0.717, 1.165) is 16.9 Å². The maximum Gasteiger partial charge on any atom is 0.346 e. The summed E-state index contributed by atoms with van der Waals surface area (Å²) in [6.45, 7) is 5.47. The second kappa shape index (κ2) is 7.19. The van der Waals surface area contributed by atoms with Crippen molar-refractivity contribution in [3.05, 3.63) is 69.2 Å². The van der Waals surface area contributed by atoms with Gasteiger partial charge in [0.05, 0.1) is 4.88 Å². The summed E-state index contributed by atoms with van der Waals surface area (Å²) in [6, 6.07) is 6.19. The Morgan fingerprint density at radius 2 is 2.13 bits per heavy atom. The lowest BCUT2D eigenvalue weighted by Crippen LogP contribution is -2.21. The van der Waals surface area contributed by atoms with Crippen LogP contribution in [0.2, 0.25) is 0 Å². The average Bonchev–Trinajstić information content (AvgIpc) is 2.90. The Bertz CT molecular complexity index is 767. The van der Waals surface area contributed by atoms with Crippen molar-refractivity contribution in [2.45, 2.75) is 19.9 Å². The first-order valence-corrected chi connectivity index (χ1v) is 7.74. The molecule has 1 heterocycles. The number of hydrogen-bond donors (Lipinski definition) is 2. The fourth-order valence-electron chi connectivity index (χ4n) is 2.13. The lowest BCUT2D eigenvalue weighted by Gasteiger charge is -2.06. The van der Waals surface area contributed by atoms with Crippen LogP contribution in [0.25, 0.3) is 0 Å². The summed E-state index contributed by atoms with van der Waals surface area (Å²) >= 11 is 0.940. The van der Waals surface area contributed by atoms with E-state index in [-0.39, 0.29) is 23.1 Å². The molecule has 23 heavy (non-hydrogen) atoms. The molecule has 0 saturated heterocycles. The molecular formula is C17H16FNO3S. The highest BCUT2D eigenvalue weighted by Crippen LogP contribution is 2.22. The standard InChI is InChI=1S/C17H16FNO3S/c1-3-4-12-8-11(5-6-13(12)18)9-19-16(20)14-7-10(2)15(23-14)17(21)22/h3,5-8H,1,4,9H2,2H3,(H,19,20)(H,21,22). The van der Waals surface area contributed by atoms with Crippen molar-refractivity contribution in [2.24, 2.45) is 0 Å². The van der Waals surface area contributed by atoms with E-state index < -0.39 is 5.97 Å². The van der Waals surface area contributed by atoms with Gasteiger partial charge in [-0.2, -0.15) is 0 Å². The van der Waals surface area contributed by atoms with Gasteiger partial charge in [-0.1, -0.05) is 18.2 Å². The van der Waals surface area contributed by atoms with Crippen LogP contribution in [0.5, 0.6) is 0 Å². The molecule has 2 N–H and O–H groups in total. The maximum atomic E-state index is 13.6. The van der Waals surface area contributed by atoms with E-state index in [0.29, 0.717) is 22.4 Å². The third-order valence-corrected chi connectivity index (χ3v) is 4.49. The molecule has 0 fully saturated rings. The zero-order valence-corrected chi connectivity index (χ0v) is 13.4. The molecule has 2 aromatic rings. The number of carboxylic acid groups (broad SMARTS) is 1. The smallest absolute Gasteiger partial charge is 0.346 e. The van der Waals surface area contributed by atoms with Crippen LogP contribution >= 0.6 is 11.3 Å². The van der Waals surface area contributed by atoms with E-state index in [1.807, 2.05) is 0 Å². The summed E-state index contributed by atoms with van der Waals surface area (Å²) in [5.41, 5.74) is 1.85. The zero-order chi connectivity index (χ0) is 17.0. The van der Waals surface area contributed by atoms with Crippen LogP contribution in [-0.4, -0.2) is 17.0 Å². The molecule has 6 heteroatoms. The van der Waals surface area contributed by atoms with Gasteiger partial charge in [0.2, 0.25) is 0 Å². The lowest BCUT2D eigenvalue weighted by atomic mass is 10.1. The van der Waals surface area contributed by atoms with E-state index in [4.69, 9.17) is 5.11 Å². The summed E-state index contributed by atoms with van der Waals surface area (Å²) in [7, 11) is 0. The van der Waals surface area contributed by atoms with Gasteiger partial charge < -0.3 is 10.4 Å². The molecule has 0 radical (unpaired) electrons. The fraction of sp³-hybridized carbons (Fsp3) is 0.176. The predicted molar refractivity (Wildman–Crippen MR) is 87.5 cm³/mol. The highest BCUT2D eigenvalue weighted by Gasteiger charge is 2.16. The molecular weight excluding hydrogens is 317 g/mol. The molecule has 1 aromatic heterocycles. The minimum atomic E-state index is -1.04. The minimum Gasteiger partial charge on any atom is -0.477 e. The molecule has 0 aliphatic heterocycles. The molecule has 0 aliphatic carbocycles. The van der Waals surface area contributed by atoms with Gasteiger partial charge in [0.15, 0.2) is 0 Å². The number of aromatic carboxylic acids is 1. The topological polar surface area (TPSA) is 66.4 Å². The predicted octanol–water partition coefficient (Wildman–Crippen LogP) is 3.55. The third kappa shape index (κ3) is 4.04.